The van der Waals surface area contributed by atoms with Gasteiger partial charge in [-0.05, 0) is 37.6 Å². The van der Waals surface area contributed by atoms with E-state index in [1.807, 2.05) is 6.92 Å². The smallest absolute Gasteiger partial charge is 0.120 e. The van der Waals surface area contributed by atoms with Crippen molar-refractivity contribution in [3.8, 4) is 5.75 Å². The zero-order valence-corrected chi connectivity index (χ0v) is 12.2. The molecule has 0 saturated heterocycles. The highest BCUT2D eigenvalue weighted by atomic mass is 16.5. The predicted octanol–water partition coefficient (Wildman–Crippen LogP) is 5.01. The van der Waals surface area contributed by atoms with E-state index in [0.29, 0.717) is 0 Å². The Morgan fingerprint density at radius 2 is 1.84 bits per heavy atom. The van der Waals surface area contributed by atoms with Crippen molar-refractivity contribution in [2.24, 2.45) is 0 Å². The number of fused-ring (bicyclic) bond motifs is 1. The highest BCUT2D eigenvalue weighted by molar-refractivity contribution is 5.81. The topological polar surface area (TPSA) is 14.2 Å². The van der Waals surface area contributed by atoms with Gasteiger partial charge in [-0.3, -0.25) is 0 Å². The average molecular weight is 259 g/mol. The summed E-state index contributed by atoms with van der Waals surface area (Å²) in [6.07, 6.45) is 8.85. The van der Waals surface area contributed by atoms with Gasteiger partial charge in [0.05, 0.1) is 6.61 Å². The third kappa shape index (κ3) is 3.76. The Hall–Kier alpha value is -1.44. The van der Waals surface area contributed by atoms with Gasteiger partial charge in [0.1, 0.15) is 5.75 Å². The summed E-state index contributed by atoms with van der Waals surface area (Å²) in [6.45, 7) is 6.13. The van der Waals surface area contributed by atoms with Crippen LogP contribution in [0.25, 0.3) is 10.9 Å². The molecular formula is C17H25NO. The molecule has 0 amide bonds. The maximum atomic E-state index is 5.54. The molecule has 0 N–H and O–H groups in total. The van der Waals surface area contributed by atoms with Crippen molar-refractivity contribution in [3.63, 3.8) is 0 Å². The third-order valence-electron chi connectivity index (χ3n) is 3.56. The van der Waals surface area contributed by atoms with Gasteiger partial charge >= 0.3 is 0 Å². The minimum atomic E-state index is 0.726. The standard InChI is InChI=1S/C17H25NO/c1-3-5-6-7-8-12-18-13-11-15-14-16(19-4-2)9-10-17(15)18/h9-11,13-14H,3-8,12H2,1-2H3. The van der Waals surface area contributed by atoms with Crippen molar-refractivity contribution < 1.29 is 4.74 Å². The molecule has 2 aromatic rings. The summed E-state index contributed by atoms with van der Waals surface area (Å²) >= 11 is 0. The van der Waals surface area contributed by atoms with Crippen LogP contribution >= 0.6 is 0 Å². The molecule has 0 aliphatic carbocycles. The summed E-state index contributed by atoms with van der Waals surface area (Å²) in [6, 6.07) is 8.56. The van der Waals surface area contributed by atoms with E-state index in [9.17, 15) is 0 Å². The molecule has 1 heterocycles. The van der Waals surface area contributed by atoms with Crippen LogP contribution in [0.15, 0.2) is 30.5 Å². The number of rotatable bonds is 8. The summed E-state index contributed by atoms with van der Waals surface area (Å²) in [7, 11) is 0. The van der Waals surface area contributed by atoms with Gasteiger partial charge in [-0.15, -0.1) is 0 Å². The number of aromatic nitrogens is 1. The van der Waals surface area contributed by atoms with Crippen LogP contribution < -0.4 is 4.74 Å². The number of benzene rings is 1. The van der Waals surface area contributed by atoms with Gasteiger partial charge in [-0.1, -0.05) is 32.6 Å². The first-order valence-corrected chi connectivity index (χ1v) is 7.57. The van der Waals surface area contributed by atoms with Crippen molar-refractivity contribution >= 4 is 10.9 Å². The molecule has 1 aromatic carbocycles. The molecule has 0 saturated carbocycles. The zero-order valence-electron chi connectivity index (χ0n) is 12.2. The van der Waals surface area contributed by atoms with E-state index in [-0.39, 0.29) is 0 Å². The summed E-state index contributed by atoms with van der Waals surface area (Å²) in [5, 5.41) is 1.28. The Labute approximate surface area is 116 Å². The molecule has 0 spiro atoms. The number of aryl methyl sites for hydroxylation is 1. The summed E-state index contributed by atoms with van der Waals surface area (Å²) in [5.74, 6) is 0.968. The zero-order chi connectivity index (χ0) is 13.5. The molecule has 0 atom stereocenters. The molecule has 0 aliphatic heterocycles. The van der Waals surface area contributed by atoms with Gasteiger partial charge < -0.3 is 9.30 Å². The summed E-state index contributed by atoms with van der Waals surface area (Å²) in [4.78, 5) is 0. The summed E-state index contributed by atoms with van der Waals surface area (Å²) in [5.41, 5.74) is 1.32. The fraction of sp³-hybridized carbons (Fsp3) is 0.529. The van der Waals surface area contributed by atoms with Gasteiger partial charge in [0.15, 0.2) is 0 Å². The first-order chi connectivity index (χ1) is 9.35. The van der Waals surface area contributed by atoms with Gasteiger partial charge in [-0.2, -0.15) is 0 Å². The molecule has 0 bridgehead atoms. The molecule has 1 aromatic heterocycles. The van der Waals surface area contributed by atoms with Crippen molar-refractivity contribution in [1.29, 1.82) is 0 Å². The van der Waals surface area contributed by atoms with Crippen LogP contribution in [0.4, 0.5) is 0 Å². The second kappa shape index (κ2) is 7.22. The highest BCUT2D eigenvalue weighted by Gasteiger charge is 2.02. The molecule has 2 heteroatoms. The van der Waals surface area contributed by atoms with E-state index in [4.69, 9.17) is 4.74 Å². The SMILES string of the molecule is CCCCCCCn1ccc2cc(OCC)ccc21. The molecule has 0 aliphatic rings. The molecule has 104 valence electrons. The van der Waals surface area contributed by atoms with Crippen LogP contribution in [-0.2, 0) is 6.54 Å². The van der Waals surface area contributed by atoms with E-state index >= 15 is 0 Å². The molecule has 0 radical (unpaired) electrons. The van der Waals surface area contributed by atoms with Crippen molar-refractivity contribution in [2.75, 3.05) is 6.61 Å². The Balaban J connectivity index is 1.96. The lowest BCUT2D eigenvalue weighted by atomic mass is 10.1. The molecule has 0 fully saturated rings. The lowest BCUT2D eigenvalue weighted by molar-refractivity contribution is 0.340. The Kier molecular flexibility index (Phi) is 5.31. The van der Waals surface area contributed by atoms with Crippen LogP contribution in [0, 0.1) is 0 Å². The minimum Gasteiger partial charge on any atom is -0.494 e. The maximum Gasteiger partial charge on any atom is 0.120 e. The lowest BCUT2D eigenvalue weighted by Crippen LogP contribution is -1.96. The molecule has 19 heavy (non-hydrogen) atoms. The first kappa shape index (κ1) is 14.0. The molecule has 2 nitrogen and oxygen atoms in total. The van der Waals surface area contributed by atoms with Crippen molar-refractivity contribution in [2.45, 2.75) is 52.5 Å². The monoisotopic (exact) mass is 259 g/mol. The lowest BCUT2D eigenvalue weighted by Gasteiger charge is -2.07. The van der Waals surface area contributed by atoms with Crippen LogP contribution in [0.1, 0.15) is 46.0 Å². The Bertz CT molecular complexity index is 501. The largest absolute Gasteiger partial charge is 0.494 e. The van der Waals surface area contributed by atoms with Crippen molar-refractivity contribution in [3.05, 3.63) is 30.5 Å². The van der Waals surface area contributed by atoms with Gasteiger partial charge in [0.2, 0.25) is 0 Å². The van der Waals surface area contributed by atoms with E-state index < -0.39 is 0 Å². The maximum absolute atomic E-state index is 5.54. The summed E-state index contributed by atoms with van der Waals surface area (Å²) < 4.78 is 7.90. The number of nitrogens with zero attached hydrogens (tertiary/aromatic N) is 1. The predicted molar refractivity (Wildman–Crippen MR) is 81.9 cm³/mol. The number of hydrogen-bond donors (Lipinski definition) is 0. The van der Waals surface area contributed by atoms with Crippen LogP contribution in [-0.4, -0.2) is 11.2 Å². The van der Waals surface area contributed by atoms with E-state index in [1.165, 1.54) is 43.0 Å². The highest BCUT2D eigenvalue weighted by Crippen LogP contribution is 2.22. The molecule has 0 unspecified atom stereocenters. The number of unbranched alkanes of at least 4 members (excludes halogenated alkanes) is 4. The van der Waals surface area contributed by atoms with Gasteiger partial charge in [0.25, 0.3) is 0 Å². The quantitative estimate of drug-likeness (QED) is 0.608. The Morgan fingerprint density at radius 3 is 2.63 bits per heavy atom. The Morgan fingerprint density at radius 1 is 1.00 bits per heavy atom. The van der Waals surface area contributed by atoms with E-state index in [0.717, 1.165) is 18.9 Å². The third-order valence-corrected chi connectivity index (χ3v) is 3.56. The number of ether oxygens (including phenoxy) is 1. The normalized spacial score (nSPS) is 11.1. The average Bonchev–Trinajstić information content (AvgIpc) is 2.82. The van der Waals surface area contributed by atoms with E-state index in [2.05, 4.69) is 42.0 Å². The van der Waals surface area contributed by atoms with Crippen LogP contribution in [0.3, 0.4) is 0 Å². The number of hydrogen-bond acceptors (Lipinski definition) is 1. The van der Waals surface area contributed by atoms with Gasteiger partial charge in [-0.25, -0.2) is 0 Å². The second-order valence-electron chi connectivity index (χ2n) is 5.08. The minimum absolute atomic E-state index is 0.726. The van der Waals surface area contributed by atoms with E-state index in [1.54, 1.807) is 0 Å². The first-order valence-electron chi connectivity index (χ1n) is 7.57. The van der Waals surface area contributed by atoms with Gasteiger partial charge in [0, 0.05) is 23.6 Å². The molecular weight excluding hydrogens is 234 g/mol. The van der Waals surface area contributed by atoms with Crippen LogP contribution in [0.5, 0.6) is 5.75 Å². The van der Waals surface area contributed by atoms with Crippen molar-refractivity contribution in [1.82, 2.24) is 4.57 Å². The van der Waals surface area contributed by atoms with Crippen LogP contribution in [0.2, 0.25) is 0 Å². The molecule has 2 rings (SSSR count). The fourth-order valence-electron chi connectivity index (χ4n) is 2.52. The second-order valence-corrected chi connectivity index (χ2v) is 5.08. The fourth-order valence-corrected chi connectivity index (χ4v) is 2.52.